The van der Waals surface area contributed by atoms with Crippen LogP contribution in [0.2, 0.25) is 0 Å². The van der Waals surface area contributed by atoms with E-state index in [1.165, 1.54) is 6.08 Å². The van der Waals surface area contributed by atoms with Crippen molar-refractivity contribution in [1.29, 1.82) is 0 Å². The van der Waals surface area contributed by atoms with Crippen molar-refractivity contribution in [2.75, 3.05) is 24.7 Å². The molecule has 9 nitrogen and oxygen atoms in total. The van der Waals surface area contributed by atoms with Crippen molar-refractivity contribution in [3.8, 4) is 11.5 Å². The van der Waals surface area contributed by atoms with Crippen LogP contribution in [0.15, 0.2) is 46.4 Å². The normalized spacial score (nSPS) is 14.8. The molecule has 1 N–H and O–H groups in total. The second-order valence-corrected chi connectivity index (χ2v) is 7.99. The van der Waals surface area contributed by atoms with Crippen molar-refractivity contribution in [3.63, 3.8) is 0 Å². The minimum atomic E-state index is -0.826. The summed E-state index contributed by atoms with van der Waals surface area (Å²) in [5, 5.41) is 2.19. The lowest BCUT2D eigenvalue weighted by Crippen LogP contribution is -2.54. The molecular weight excluding hydrogens is 508 g/mol. The van der Waals surface area contributed by atoms with Crippen LogP contribution in [0.4, 0.5) is 10.5 Å². The zero-order valence-corrected chi connectivity index (χ0v) is 20.4. The smallest absolute Gasteiger partial charge is 0.344 e. The summed E-state index contributed by atoms with van der Waals surface area (Å²) in [6.45, 7) is 5.58. The zero-order valence-electron chi connectivity index (χ0n) is 18.8. The maximum absolute atomic E-state index is 13.1. The van der Waals surface area contributed by atoms with Gasteiger partial charge in [-0.15, -0.1) is 0 Å². The largest absolute Gasteiger partial charge is 0.490 e. The summed E-state index contributed by atoms with van der Waals surface area (Å²) >= 11 is 3.40. The van der Waals surface area contributed by atoms with Crippen LogP contribution in [0.5, 0.6) is 11.5 Å². The van der Waals surface area contributed by atoms with Crippen LogP contribution in [0.25, 0.3) is 6.08 Å². The zero-order chi connectivity index (χ0) is 24.8. The molecule has 2 aromatic rings. The first-order chi connectivity index (χ1) is 16.2. The number of anilines is 1. The van der Waals surface area contributed by atoms with E-state index < -0.39 is 23.8 Å². The Morgan fingerprint density at radius 3 is 2.35 bits per heavy atom. The Bertz CT molecular complexity index is 1160. The molecule has 0 unspecified atom stereocenters. The van der Waals surface area contributed by atoms with Crippen LogP contribution in [0.1, 0.15) is 25.0 Å². The molecule has 178 valence electrons. The fourth-order valence-corrected chi connectivity index (χ4v) is 3.56. The second kappa shape index (κ2) is 11.0. The number of carbonyl (C=O) groups excluding carboxylic acids is 4. The predicted octanol–water partition coefficient (Wildman–Crippen LogP) is 3.76. The number of imide groups is 2. The summed E-state index contributed by atoms with van der Waals surface area (Å²) in [5.74, 6) is -1.52. The number of hydrogen-bond donors (Lipinski definition) is 1. The number of nitrogens with one attached hydrogen (secondary N) is 1. The Labute approximate surface area is 204 Å². The van der Waals surface area contributed by atoms with Gasteiger partial charge in [-0.2, -0.15) is 0 Å². The molecule has 0 aliphatic carbocycles. The number of aryl methyl sites for hydroxylation is 1. The molecule has 34 heavy (non-hydrogen) atoms. The fourth-order valence-electron chi connectivity index (χ4n) is 3.12. The Hall–Kier alpha value is -3.66. The number of barbiturate groups is 1. The molecule has 0 aromatic heterocycles. The molecular formula is C24H23BrN2O7. The number of hydrogen-bond acceptors (Lipinski definition) is 7. The van der Waals surface area contributed by atoms with Crippen molar-refractivity contribution in [1.82, 2.24) is 5.32 Å². The summed E-state index contributed by atoms with van der Waals surface area (Å²) in [7, 11) is 0. The lowest BCUT2D eigenvalue weighted by Gasteiger charge is -2.26. The van der Waals surface area contributed by atoms with E-state index >= 15 is 0 Å². The van der Waals surface area contributed by atoms with Gasteiger partial charge in [0.25, 0.3) is 11.8 Å². The van der Waals surface area contributed by atoms with Crippen LogP contribution < -0.4 is 19.7 Å². The van der Waals surface area contributed by atoms with Gasteiger partial charge in [0.2, 0.25) is 0 Å². The Balaban J connectivity index is 1.96. The number of amides is 4. The van der Waals surface area contributed by atoms with Gasteiger partial charge in [-0.05, 0) is 56.7 Å². The van der Waals surface area contributed by atoms with Gasteiger partial charge in [0.15, 0.2) is 18.1 Å². The molecule has 2 aromatic carbocycles. The van der Waals surface area contributed by atoms with Crippen molar-refractivity contribution in [3.05, 3.63) is 57.6 Å². The number of rotatable bonds is 8. The maximum Gasteiger partial charge on any atom is 0.344 e. The Morgan fingerprint density at radius 2 is 1.71 bits per heavy atom. The lowest BCUT2D eigenvalue weighted by molar-refractivity contribution is -0.145. The van der Waals surface area contributed by atoms with Crippen molar-refractivity contribution in [2.24, 2.45) is 0 Å². The topological polar surface area (TPSA) is 111 Å². The van der Waals surface area contributed by atoms with E-state index in [4.69, 9.17) is 14.2 Å². The van der Waals surface area contributed by atoms with Gasteiger partial charge < -0.3 is 14.2 Å². The van der Waals surface area contributed by atoms with E-state index in [1.54, 1.807) is 50.2 Å². The average molecular weight is 531 g/mol. The van der Waals surface area contributed by atoms with E-state index in [9.17, 15) is 19.2 Å². The highest BCUT2D eigenvalue weighted by Gasteiger charge is 2.37. The van der Waals surface area contributed by atoms with Crippen LogP contribution >= 0.6 is 15.9 Å². The summed E-state index contributed by atoms with van der Waals surface area (Å²) in [6.07, 6.45) is 1.35. The number of urea groups is 1. The molecule has 1 fully saturated rings. The van der Waals surface area contributed by atoms with Crippen LogP contribution in [0, 0.1) is 6.92 Å². The van der Waals surface area contributed by atoms with Gasteiger partial charge in [-0.1, -0.05) is 33.6 Å². The van der Waals surface area contributed by atoms with Crippen molar-refractivity contribution >= 4 is 51.5 Å². The van der Waals surface area contributed by atoms with E-state index in [0.717, 1.165) is 10.5 Å². The second-order valence-electron chi connectivity index (χ2n) is 7.14. The fraction of sp³-hybridized carbons (Fsp3) is 0.250. The molecule has 3 rings (SSSR count). The standard InChI is InChI=1S/C24H23BrN2O7/c1-4-32-19-11-15(18(25)12-20(19)34-13-21(28)33-5-2)10-17-22(29)26-24(31)27(23(17)30)16-8-6-14(3)7-9-16/h6-12H,4-5,13H2,1-3H3,(H,26,29,31)/b17-10+. The van der Waals surface area contributed by atoms with Gasteiger partial charge in [-0.25, -0.2) is 14.5 Å². The third-order valence-electron chi connectivity index (χ3n) is 4.71. The first-order valence-electron chi connectivity index (χ1n) is 10.5. The number of nitrogens with zero attached hydrogens (tertiary/aromatic N) is 1. The molecule has 0 bridgehead atoms. The third kappa shape index (κ3) is 5.63. The van der Waals surface area contributed by atoms with Crippen molar-refractivity contribution in [2.45, 2.75) is 20.8 Å². The molecule has 1 aliphatic rings. The quantitative estimate of drug-likeness (QED) is 0.314. The van der Waals surface area contributed by atoms with Gasteiger partial charge >= 0.3 is 12.0 Å². The molecule has 4 amide bonds. The highest BCUT2D eigenvalue weighted by Crippen LogP contribution is 2.35. The molecule has 0 radical (unpaired) electrons. The highest BCUT2D eigenvalue weighted by atomic mass is 79.9. The highest BCUT2D eigenvalue weighted by molar-refractivity contribution is 9.10. The Morgan fingerprint density at radius 1 is 1.03 bits per heavy atom. The van der Waals surface area contributed by atoms with Crippen LogP contribution in [-0.2, 0) is 19.1 Å². The Kier molecular flexibility index (Phi) is 8.06. The van der Waals surface area contributed by atoms with Crippen LogP contribution in [0.3, 0.4) is 0 Å². The number of benzene rings is 2. The first-order valence-corrected chi connectivity index (χ1v) is 11.3. The molecule has 1 saturated heterocycles. The molecule has 1 heterocycles. The number of ether oxygens (including phenoxy) is 3. The van der Waals surface area contributed by atoms with E-state index in [1.807, 2.05) is 6.92 Å². The first kappa shape index (κ1) is 25.0. The van der Waals surface area contributed by atoms with E-state index in [-0.39, 0.29) is 24.5 Å². The van der Waals surface area contributed by atoms with Gasteiger partial charge in [0.05, 0.1) is 18.9 Å². The SMILES string of the molecule is CCOC(=O)COc1cc(Br)c(/C=C2\C(=O)NC(=O)N(c3ccc(C)cc3)C2=O)cc1OCC. The molecule has 0 spiro atoms. The van der Waals surface area contributed by atoms with Gasteiger partial charge in [-0.3, -0.25) is 14.9 Å². The third-order valence-corrected chi connectivity index (χ3v) is 5.39. The molecule has 0 atom stereocenters. The molecule has 0 saturated carbocycles. The van der Waals surface area contributed by atoms with E-state index in [2.05, 4.69) is 21.2 Å². The number of esters is 1. The molecule has 1 aliphatic heterocycles. The maximum atomic E-state index is 13.1. The monoisotopic (exact) mass is 530 g/mol. The summed E-state index contributed by atoms with van der Waals surface area (Å²) in [4.78, 5) is 50.6. The van der Waals surface area contributed by atoms with Gasteiger partial charge in [0, 0.05) is 4.47 Å². The van der Waals surface area contributed by atoms with Crippen molar-refractivity contribution < 1.29 is 33.4 Å². The molecule has 10 heteroatoms. The average Bonchev–Trinajstić information content (AvgIpc) is 2.78. The van der Waals surface area contributed by atoms with Crippen LogP contribution in [-0.4, -0.2) is 43.6 Å². The summed E-state index contributed by atoms with van der Waals surface area (Å²) in [6, 6.07) is 9.07. The lowest BCUT2D eigenvalue weighted by atomic mass is 10.1. The summed E-state index contributed by atoms with van der Waals surface area (Å²) in [5.41, 5.74) is 1.49. The number of halogens is 1. The summed E-state index contributed by atoms with van der Waals surface area (Å²) < 4.78 is 16.5. The van der Waals surface area contributed by atoms with E-state index in [0.29, 0.717) is 28.1 Å². The predicted molar refractivity (Wildman–Crippen MR) is 128 cm³/mol. The van der Waals surface area contributed by atoms with Gasteiger partial charge in [0.1, 0.15) is 5.57 Å². The number of carbonyl (C=O) groups is 4. The minimum Gasteiger partial charge on any atom is -0.490 e. The minimum absolute atomic E-state index is 0.231.